The van der Waals surface area contributed by atoms with E-state index < -0.39 is 0 Å². The Bertz CT molecular complexity index is 853. The molecule has 1 amide bonds. The number of rotatable bonds is 4. The number of nitrogens with zero attached hydrogens (tertiary/aromatic N) is 3. The third kappa shape index (κ3) is 2.95. The van der Waals surface area contributed by atoms with Gasteiger partial charge in [0.05, 0.1) is 16.3 Å². The van der Waals surface area contributed by atoms with Crippen LogP contribution in [-0.4, -0.2) is 31.5 Å². The molecule has 1 aliphatic rings. The maximum absolute atomic E-state index is 12.5. The lowest BCUT2D eigenvalue weighted by atomic mass is 10.1. The Morgan fingerprint density at radius 2 is 2.00 bits per heavy atom. The fourth-order valence-electron chi connectivity index (χ4n) is 2.60. The van der Waals surface area contributed by atoms with E-state index in [1.807, 2.05) is 54.9 Å². The smallest absolute Gasteiger partial charge is 0.266 e. The van der Waals surface area contributed by atoms with E-state index in [-0.39, 0.29) is 5.91 Å². The molecule has 0 atom stereocenters. The number of amides is 1. The summed E-state index contributed by atoms with van der Waals surface area (Å²) < 4.78 is 2.46. The maximum atomic E-state index is 12.5. The second-order valence-electron chi connectivity index (χ2n) is 5.41. The van der Waals surface area contributed by atoms with Crippen LogP contribution in [0.15, 0.2) is 47.9 Å². The van der Waals surface area contributed by atoms with E-state index in [1.54, 1.807) is 11.0 Å². The summed E-state index contributed by atoms with van der Waals surface area (Å²) in [6.45, 7) is 8.06. The zero-order chi connectivity index (χ0) is 17.3. The van der Waals surface area contributed by atoms with Gasteiger partial charge in [-0.05, 0) is 32.1 Å². The molecule has 0 N–H and O–H groups in total. The van der Waals surface area contributed by atoms with E-state index >= 15 is 0 Å². The average Bonchev–Trinajstić information content (AvgIpc) is 3.01. The average molecular weight is 355 g/mol. The summed E-state index contributed by atoms with van der Waals surface area (Å²) in [4.78, 5) is 14.7. The second kappa shape index (κ2) is 6.75. The molecule has 0 radical (unpaired) electrons. The molecule has 1 saturated heterocycles. The van der Waals surface area contributed by atoms with Gasteiger partial charge in [0.2, 0.25) is 0 Å². The lowest BCUT2D eigenvalue weighted by molar-refractivity contribution is -0.121. The number of benzene rings is 1. The summed E-state index contributed by atoms with van der Waals surface area (Å²) in [6.07, 6.45) is 3.57. The molecule has 0 saturated carbocycles. The van der Waals surface area contributed by atoms with Crippen LogP contribution in [0.2, 0.25) is 0 Å². The van der Waals surface area contributed by atoms with Crippen molar-refractivity contribution in [2.45, 2.75) is 13.8 Å². The summed E-state index contributed by atoms with van der Waals surface area (Å²) in [5.41, 5.74) is 3.83. The fraction of sp³-hybridized carbons (Fsp3) is 0.167. The molecular weight excluding hydrogens is 338 g/mol. The van der Waals surface area contributed by atoms with Crippen molar-refractivity contribution in [3.8, 4) is 5.69 Å². The topological polar surface area (TPSA) is 38.1 Å². The Labute approximate surface area is 150 Å². The number of hydrogen-bond acceptors (Lipinski definition) is 4. The first-order valence-corrected chi connectivity index (χ1v) is 8.73. The van der Waals surface area contributed by atoms with Crippen LogP contribution in [0.4, 0.5) is 0 Å². The van der Waals surface area contributed by atoms with Gasteiger partial charge in [-0.3, -0.25) is 9.69 Å². The quantitative estimate of drug-likeness (QED) is 0.474. The van der Waals surface area contributed by atoms with Crippen LogP contribution in [0.1, 0.15) is 17.0 Å². The maximum Gasteiger partial charge on any atom is 0.266 e. The van der Waals surface area contributed by atoms with Gasteiger partial charge in [-0.25, -0.2) is 4.68 Å². The van der Waals surface area contributed by atoms with Gasteiger partial charge in [-0.15, -0.1) is 6.58 Å². The van der Waals surface area contributed by atoms with Crippen LogP contribution < -0.4 is 0 Å². The van der Waals surface area contributed by atoms with Gasteiger partial charge in [0.1, 0.15) is 4.32 Å². The highest BCUT2D eigenvalue weighted by atomic mass is 32.2. The third-order valence-corrected chi connectivity index (χ3v) is 5.19. The van der Waals surface area contributed by atoms with Crippen molar-refractivity contribution in [3.63, 3.8) is 0 Å². The number of carbonyl (C=O) groups is 1. The van der Waals surface area contributed by atoms with E-state index in [4.69, 9.17) is 12.2 Å². The highest BCUT2D eigenvalue weighted by molar-refractivity contribution is 8.26. The van der Waals surface area contributed by atoms with Crippen molar-refractivity contribution >= 4 is 40.3 Å². The van der Waals surface area contributed by atoms with E-state index in [9.17, 15) is 4.79 Å². The number of hydrogen-bond donors (Lipinski definition) is 0. The van der Waals surface area contributed by atoms with Crippen LogP contribution in [0.5, 0.6) is 0 Å². The molecule has 122 valence electrons. The summed E-state index contributed by atoms with van der Waals surface area (Å²) in [6, 6.07) is 9.94. The molecule has 1 fully saturated rings. The van der Waals surface area contributed by atoms with E-state index in [0.717, 1.165) is 22.6 Å². The van der Waals surface area contributed by atoms with Gasteiger partial charge < -0.3 is 0 Å². The molecular formula is C18H17N3OS2. The van der Waals surface area contributed by atoms with Crippen LogP contribution in [0.25, 0.3) is 11.8 Å². The number of para-hydroxylation sites is 1. The third-order valence-electron chi connectivity index (χ3n) is 3.81. The van der Waals surface area contributed by atoms with Gasteiger partial charge >= 0.3 is 0 Å². The molecule has 24 heavy (non-hydrogen) atoms. The lowest BCUT2D eigenvalue weighted by Crippen LogP contribution is -2.27. The first-order valence-electron chi connectivity index (χ1n) is 7.51. The standard InChI is InChI=1S/C18H17N3OS2/c1-4-10-20-17(22)16(24-18(20)23)11-15-12(2)19-21(13(15)3)14-8-6-5-7-9-14/h4-9,11H,1,10H2,2-3H3/b16-11-. The Kier molecular flexibility index (Phi) is 4.69. The van der Waals surface area contributed by atoms with E-state index in [1.165, 1.54) is 11.8 Å². The zero-order valence-corrected chi connectivity index (χ0v) is 15.2. The van der Waals surface area contributed by atoms with E-state index in [0.29, 0.717) is 15.8 Å². The van der Waals surface area contributed by atoms with Crippen molar-refractivity contribution in [3.05, 3.63) is 64.8 Å². The molecule has 0 aliphatic carbocycles. The molecule has 3 rings (SSSR count). The van der Waals surface area contributed by atoms with Crippen molar-refractivity contribution in [1.82, 2.24) is 14.7 Å². The van der Waals surface area contributed by atoms with Gasteiger partial charge in [0, 0.05) is 17.8 Å². The molecule has 2 heterocycles. The normalized spacial score (nSPS) is 16.2. The SMILES string of the molecule is C=CCN1C(=O)/C(=C/c2c(C)nn(-c3ccccc3)c2C)SC1=S. The monoisotopic (exact) mass is 355 g/mol. The van der Waals surface area contributed by atoms with Crippen molar-refractivity contribution in [2.75, 3.05) is 6.54 Å². The zero-order valence-electron chi connectivity index (χ0n) is 13.5. The van der Waals surface area contributed by atoms with Crippen molar-refractivity contribution < 1.29 is 4.79 Å². The molecule has 0 unspecified atom stereocenters. The van der Waals surface area contributed by atoms with Crippen LogP contribution in [0, 0.1) is 13.8 Å². The number of aryl methyl sites for hydroxylation is 1. The Balaban J connectivity index is 2.00. The van der Waals surface area contributed by atoms with Gasteiger partial charge in [-0.1, -0.05) is 48.3 Å². The molecule has 4 nitrogen and oxygen atoms in total. The highest BCUT2D eigenvalue weighted by Gasteiger charge is 2.31. The molecule has 1 aromatic carbocycles. The minimum absolute atomic E-state index is 0.0730. The molecule has 1 aliphatic heterocycles. The Morgan fingerprint density at radius 1 is 1.29 bits per heavy atom. The number of thiocarbonyl (C=S) groups is 1. The lowest BCUT2D eigenvalue weighted by Gasteiger charge is -2.10. The minimum atomic E-state index is -0.0730. The van der Waals surface area contributed by atoms with Crippen molar-refractivity contribution in [2.24, 2.45) is 0 Å². The predicted octanol–water partition coefficient (Wildman–Crippen LogP) is 3.88. The fourth-order valence-corrected chi connectivity index (χ4v) is 3.86. The molecule has 6 heteroatoms. The van der Waals surface area contributed by atoms with Gasteiger partial charge in [-0.2, -0.15) is 5.10 Å². The molecule has 0 bridgehead atoms. The summed E-state index contributed by atoms with van der Waals surface area (Å²) in [5.74, 6) is -0.0730. The highest BCUT2D eigenvalue weighted by Crippen LogP contribution is 2.33. The Morgan fingerprint density at radius 3 is 2.67 bits per heavy atom. The molecule has 2 aromatic rings. The van der Waals surface area contributed by atoms with Crippen molar-refractivity contribution in [1.29, 1.82) is 0 Å². The Hall–Kier alpha value is -2.18. The number of thioether (sulfide) groups is 1. The first kappa shape index (κ1) is 16.7. The number of aromatic nitrogens is 2. The van der Waals surface area contributed by atoms with E-state index in [2.05, 4.69) is 11.7 Å². The van der Waals surface area contributed by atoms with Gasteiger partial charge in [0.25, 0.3) is 5.91 Å². The summed E-state index contributed by atoms with van der Waals surface area (Å²) in [5, 5.41) is 4.61. The second-order valence-corrected chi connectivity index (χ2v) is 7.09. The summed E-state index contributed by atoms with van der Waals surface area (Å²) >= 11 is 6.61. The molecule has 0 spiro atoms. The number of carbonyl (C=O) groups excluding carboxylic acids is 1. The first-order chi connectivity index (χ1) is 11.5. The largest absolute Gasteiger partial charge is 0.289 e. The minimum Gasteiger partial charge on any atom is -0.289 e. The summed E-state index contributed by atoms with van der Waals surface area (Å²) in [7, 11) is 0. The van der Waals surface area contributed by atoms with Crippen LogP contribution >= 0.6 is 24.0 Å². The van der Waals surface area contributed by atoms with Gasteiger partial charge in [0.15, 0.2) is 0 Å². The van der Waals surface area contributed by atoms with Crippen LogP contribution in [0.3, 0.4) is 0 Å². The molecule has 1 aromatic heterocycles. The van der Waals surface area contributed by atoms with Crippen LogP contribution in [-0.2, 0) is 4.79 Å². The predicted molar refractivity (Wildman–Crippen MR) is 103 cm³/mol.